The SMILES string of the molecule is CCC1C(c2ccccc2)=CC=C(c2ccc(-c3nc(-c4ccccc4)nc(-c4ccc5c(c4)C(c4ccccc4)(c4ccccc4)c4ccccc4-5)n3)cc2)C1c1ccccc1. The molecule has 63 heavy (non-hydrogen) atoms. The molecule has 0 radical (unpaired) electrons. The lowest BCUT2D eigenvalue weighted by molar-refractivity contribution is 0.587. The fraction of sp³-hybridized carbons (Fsp3) is 0.0833. The third kappa shape index (κ3) is 6.65. The summed E-state index contributed by atoms with van der Waals surface area (Å²) in [5, 5.41) is 0. The molecule has 0 amide bonds. The second-order valence-electron chi connectivity index (χ2n) is 16.6. The number of benzene rings is 8. The van der Waals surface area contributed by atoms with Gasteiger partial charge in [-0.15, -0.1) is 0 Å². The van der Waals surface area contributed by atoms with Gasteiger partial charge in [0.25, 0.3) is 0 Å². The number of hydrogen-bond acceptors (Lipinski definition) is 3. The van der Waals surface area contributed by atoms with Gasteiger partial charge in [-0.25, -0.2) is 15.0 Å². The van der Waals surface area contributed by atoms with Crippen molar-refractivity contribution in [3.8, 4) is 45.3 Å². The number of aromatic nitrogens is 3. The van der Waals surface area contributed by atoms with E-state index in [-0.39, 0.29) is 5.92 Å². The molecule has 3 heteroatoms. The molecule has 8 aromatic carbocycles. The van der Waals surface area contributed by atoms with E-state index in [0.29, 0.717) is 23.4 Å². The summed E-state index contributed by atoms with van der Waals surface area (Å²) in [5.41, 5.74) is 16.2. The van der Waals surface area contributed by atoms with Crippen molar-refractivity contribution in [2.24, 2.45) is 5.92 Å². The lowest BCUT2D eigenvalue weighted by Gasteiger charge is -2.34. The van der Waals surface area contributed by atoms with Crippen LogP contribution in [-0.2, 0) is 5.41 Å². The largest absolute Gasteiger partial charge is 0.208 e. The summed E-state index contributed by atoms with van der Waals surface area (Å²) in [6.45, 7) is 2.31. The predicted octanol–water partition coefficient (Wildman–Crippen LogP) is 14.5. The zero-order chi connectivity index (χ0) is 42.2. The average molecular weight is 808 g/mol. The second kappa shape index (κ2) is 16.3. The van der Waals surface area contributed by atoms with Crippen molar-refractivity contribution in [3.05, 3.63) is 269 Å². The topological polar surface area (TPSA) is 38.7 Å². The maximum atomic E-state index is 5.29. The summed E-state index contributed by atoms with van der Waals surface area (Å²) >= 11 is 0. The standard InChI is InChI=1S/C60H45N3/c1-2-49-50(41-20-8-3-9-21-41)38-39-51(56(49)43-22-10-4-11-23-43)42-32-34-45(35-33-42)58-61-57(44-24-12-5-13-25-44)62-59(63-58)46-36-37-53-52-30-18-19-31-54(52)60(55(53)40-46,47-26-14-6-15-27-47)48-28-16-7-17-29-48/h3-40,49,56H,2H2,1H3. The predicted molar refractivity (Wildman–Crippen MR) is 259 cm³/mol. The molecule has 3 nitrogen and oxygen atoms in total. The van der Waals surface area contributed by atoms with Crippen LogP contribution in [0.15, 0.2) is 231 Å². The highest BCUT2D eigenvalue weighted by molar-refractivity contribution is 5.88. The van der Waals surface area contributed by atoms with Gasteiger partial charge < -0.3 is 0 Å². The first-order valence-electron chi connectivity index (χ1n) is 22.0. The number of fused-ring (bicyclic) bond motifs is 3. The summed E-state index contributed by atoms with van der Waals surface area (Å²) in [6.07, 6.45) is 5.71. The number of rotatable bonds is 9. The monoisotopic (exact) mass is 807 g/mol. The van der Waals surface area contributed by atoms with E-state index >= 15 is 0 Å². The van der Waals surface area contributed by atoms with E-state index in [9.17, 15) is 0 Å². The Morgan fingerprint density at radius 1 is 0.381 bits per heavy atom. The normalized spacial score (nSPS) is 16.1. The summed E-state index contributed by atoms with van der Waals surface area (Å²) in [6, 6.07) is 78.4. The molecule has 2 atom stereocenters. The lowest BCUT2D eigenvalue weighted by atomic mass is 9.67. The third-order valence-corrected chi connectivity index (χ3v) is 13.1. The Morgan fingerprint density at radius 3 is 1.41 bits per heavy atom. The van der Waals surface area contributed by atoms with Crippen LogP contribution in [0.1, 0.15) is 58.2 Å². The molecule has 0 saturated heterocycles. The van der Waals surface area contributed by atoms with Crippen LogP contribution in [0.25, 0.3) is 56.4 Å². The fourth-order valence-corrected chi connectivity index (χ4v) is 10.3. The van der Waals surface area contributed by atoms with Gasteiger partial charge in [0.1, 0.15) is 0 Å². The molecule has 0 spiro atoms. The zero-order valence-electron chi connectivity index (χ0n) is 35.1. The Kier molecular flexibility index (Phi) is 9.86. The van der Waals surface area contributed by atoms with E-state index in [4.69, 9.17) is 15.0 Å². The Hall–Kier alpha value is -7.75. The van der Waals surface area contributed by atoms with Gasteiger partial charge in [0.15, 0.2) is 17.5 Å². The summed E-state index contributed by atoms with van der Waals surface area (Å²) in [7, 11) is 0. The first-order valence-corrected chi connectivity index (χ1v) is 22.0. The van der Waals surface area contributed by atoms with Crippen molar-refractivity contribution in [1.82, 2.24) is 15.0 Å². The maximum absolute atomic E-state index is 5.29. The van der Waals surface area contributed by atoms with Gasteiger partial charge in [-0.1, -0.05) is 231 Å². The molecular weight excluding hydrogens is 763 g/mol. The highest BCUT2D eigenvalue weighted by Gasteiger charge is 2.46. The summed E-state index contributed by atoms with van der Waals surface area (Å²) in [5.74, 6) is 2.46. The first-order chi connectivity index (χ1) is 31.2. The highest BCUT2D eigenvalue weighted by Crippen LogP contribution is 2.56. The van der Waals surface area contributed by atoms with Gasteiger partial charge in [-0.2, -0.15) is 0 Å². The molecular formula is C60H45N3. The molecule has 0 fully saturated rings. The minimum atomic E-state index is -0.530. The lowest BCUT2D eigenvalue weighted by Crippen LogP contribution is -2.28. The van der Waals surface area contributed by atoms with E-state index in [1.54, 1.807) is 0 Å². The highest BCUT2D eigenvalue weighted by atomic mass is 15.0. The van der Waals surface area contributed by atoms with Gasteiger partial charge in [0, 0.05) is 22.6 Å². The molecule has 300 valence electrons. The molecule has 0 saturated carbocycles. The van der Waals surface area contributed by atoms with Gasteiger partial charge >= 0.3 is 0 Å². The summed E-state index contributed by atoms with van der Waals surface area (Å²) in [4.78, 5) is 15.7. The quantitative estimate of drug-likeness (QED) is 0.146. The molecule has 11 rings (SSSR count). The van der Waals surface area contributed by atoms with Crippen LogP contribution in [0.4, 0.5) is 0 Å². The molecule has 1 heterocycles. The van der Waals surface area contributed by atoms with Crippen molar-refractivity contribution >= 4 is 11.1 Å². The Balaban J connectivity index is 1.04. The van der Waals surface area contributed by atoms with E-state index in [0.717, 1.165) is 23.1 Å². The van der Waals surface area contributed by atoms with Crippen molar-refractivity contribution < 1.29 is 0 Å². The van der Waals surface area contributed by atoms with E-state index < -0.39 is 5.41 Å². The van der Waals surface area contributed by atoms with Crippen molar-refractivity contribution in [2.75, 3.05) is 0 Å². The van der Waals surface area contributed by atoms with Crippen LogP contribution in [0.2, 0.25) is 0 Å². The average Bonchev–Trinajstić information content (AvgIpc) is 3.67. The van der Waals surface area contributed by atoms with Crippen molar-refractivity contribution in [3.63, 3.8) is 0 Å². The third-order valence-electron chi connectivity index (χ3n) is 13.1. The molecule has 2 aliphatic carbocycles. The molecule has 0 N–H and O–H groups in total. The van der Waals surface area contributed by atoms with Crippen LogP contribution < -0.4 is 0 Å². The fourth-order valence-electron chi connectivity index (χ4n) is 10.3. The Bertz CT molecular complexity index is 3080. The summed E-state index contributed by atoms with van der Waals surface area (Å²) < 4.78 is 0. The molecule has 9 aromatic rings. The van der Waals surface area contributed by atoms with Crippen LogP contribution in [-0.4, -0.2) is 15.0 Å². The van der Waals surface area contributed by atoms with Crippen LogP contribution in [0.3, 0.4) is 0 Å². The molecule has 0 aliphatic heterocycles. The Morgan fingerprint density at radius 2 is 0.810 bits per heavy atom. The molecule has 0 bridgehead atoms. The molecule has 2 aliphatic rings. The second-order valence-corrected chi connectivity index (χ2v) is 16.6. The smallest absolute Gasteiger partial charge is 0.164 e. The van der Waals surface area contributed by atoms with Gasteiger partial charge in [0.05, 0.1) is 5.41 Å². The maximum Gasteiger partial charge on any atom is 0.164 e. The first kappa shape index (κ1) is 38.2. The molecule has 1 aromatic heterocycles. The van der Waals surface area contributed by atoms with Crippen LogP contribution >= 0.6 is 0 Å². The number of hydrogen-bond donors (Lipinski definition) is 0. The van der Waals surface area contributed by atoms with Crippen molar-refractivity contribution in [1.29, 1.82) is 0 Å². The number of allylic oxidation sites excluding steroid dienone is 4. The minimum Gasteiger partial charge on any atom is -0.208 e. The van der Waals surface area contributed by atoms with Gasteiger partial charge in [-0.3, -0.25) is 0 Å². The zero-order valence-corrected chi connectivity index (χ0v) is 35.1. The minimum absolute atomic E-state index is 0.209. The van der Waals surface area contributed by atoms with E-state index in [1.807, 2.05) is 18.2 Å². The Labute approximate surface area is 369 Å². The van der Waals surface area contributed by atoms with Crippen molar-refractivity contribution in [2.45, 2.75) is 24.7 Å². The molecule has 2 unspecified atom stereocenters. The van der Waals surface area contributed by atoms with E-state index in [2.05, 4.69) is 219 Å². The van der Waals surface area contributed by atoms with Crippen LogP contribution in [0, 0.1) is 5.92 Å². The van der Waals surface area contributed by atoms with E-state index in [1.165, 1.54) is 61.2 Å². The van der Waals surface area contributed by atoms with Crippen LogP contribution in [0.5, 0.6) is 0 Å². The van der Waals surface area contributed by atoms with Gasteiger partial charge in [0.2, 0.25) is 0 Å². The number of nitrogens with zero attached hydrogens (tertiary/aromatic N) is 3. The van der Waals surface area contributed by atoms with Gasteiger partial charge in [-0.05, 0) is 79.6 Å².